The van der Waals surface area contributed by atoms with Gasteiger partial charge < -0.3 is 10.0 Å². The third-order valence-electron chi connectivity index (χ3n) is 2.41. The fourth-order valence-corrected chi connectivity index (χ4v) is 1.69. The highest BCUT2D eigenvalue weighted by molar-refractivity contribution is 5.76. The summed E-state index contributed by atoms with van der Waals surface area (Å²) >= 11 is 0. The Balaban J connectivity index is 3.00. The summed E-state index contributed by atoms with van der Waals surface area (Å²) < 4.78 is 13.8. The van der Waals surface area contributed by atoms with Crippen LogP contribution in [0.2, 0.25) is 0 Å². The number of carbonyl (C=O) groups is 1. The van der Waals surface area contributed by atoms with Gasteiger partial charge in [-0.1, -0.05) is 0 Å². The summed E-state index contributed by atoms with van der Waals surface area (Å²) in [6, 6.07) is 4.34. The minimum Gasteiger partial charge on any atom is -0.389 e. The number of likely N-dealkylation sites (N-methyl/N-ethyl adjacent to an activating group) is 1. The van der Waals surface area contributed by atoms with Gasteiger partial charge in [-0.25, -0.2) is 4.39 Å². The zero-order valence-corrected chi connectivity index (χ0v) is 10.4. The van der Waals surface area contributed by atoms with Crippen LogP contribution in [0.3, 0.4) is 0 Å². The highest BCUT2D eigenvalue weighted by Gasteiger charge is 2.19. The molecule has 0 aliphatic heterocycles. The number of anilines is 1. The van der Waals surface area contributed by atoms with Crippen LogP contribution >= 0.6 is 0 Å². The number of nitrogens with zero attached hydrogens (tertiary/aromatic N) is 1. The number of hydrogen-bond acceptors (Lipinski definition) is 3. The monoisotopic (exact) mass is 239 g/mol. The molecule has 0 amide bonds. The predicted octanol–water partition coefficient (Wildman–Crippen LogP) is 2.24. The maximum Gasteiger partial charge on any atom is 0.150 e. The predicted molar refractivity (Wildman–Crippen MR) is 66.0 cm³/mol. The van der Waals surface area contributed by atoms with Crippen LogP contribution in [0.4, 0.5) is 10.1 Å². The van der Waals surface area contributed by atoms with E-state index in [-0.39, 0.29) is 0 Å². The Bertz CT molecular complexity index is 399. The van der Waals surface area contributed by atoms with Gasteiger partial charge >= 0.3 is 0 Å². The Morgan fingerprint density at radius 1 is 1.47 bits per heavy atom. The van der Waals surface area contributed by atoms with Gasteiger partial charge in [0, 0.05) is 18.7 Å². The smallest absolute Gasteiger partial charge is 0.150 e. The second kappa shape index (κ2) is 5.27. The molecule has 0 radical (unpaired) electrons. The second-order valence-electron chi connectivity index (χ2n) is 4.66. The highest BCUT2D eigenvalue weighted by atomic mass is 19.1. The summed E-state index contributed by atoms with van der Waals surface area (Å²) in [5, 5.41) is 9.75. The fraction of sp³-hybridized carbons (Fsp3) is 0.462. The minimum atomic E-state index is -0.897. The van der Waals surface area contributed by atoms with Crippen LogP contribution in [0.5, 0.6) is 0 Å². The van der Waals surface area contributed by atoms with Crippen molar-refractivity contribution < 1.29 is 14.3 Å². The second-order valence-corrected chi connectivity index (χ2v) is 4.66. The third-order valence-corrected chi connectivity index (χ3v) is 2.41. The molecular weight excluding hydrogens is 221 g/mol. The first-order chi connectivity index (χ1) is 7.87. The molecule has 17 heavy (non-hydrogen) atoms. The number of hydrogen-bond donors (Lipinski definition) is 1. The van der Waals surface area contributed by atoms with Crippen molar-refractivity contribution in [3.05, 3.63) is 29.6 Å². The average Bonchev–Trinajstić information content (AvgIpc) is 2.24. The first-order valence-electron chi connectivity index (χ1n) is 5.59. The quantitative estimate of drug-likeness (QED) is 0.801. The number of aldehydes is 1. The van der Waals surface area contributed by atoms with Crippen LogP contribution in [0.1, 0.15) is 31.1 Å². The third kappa shape index (κ3) is 3.82. The van der Waals surface area contributed by atoms with Crippen molar-refractivity contribution in [3.8, 4) is 0 Å². The molecule has 0 aliphatic rings. The molecule has 0 saturated carbocycles. The lowest BCUT2D eigenvalue weighted by atomic mass is 10.1. The highest BCUT2D eigenvalue weighted by Crippen LogP contribution is 2.21. The van der Waals surface area contributed by atoms with Gasteiger partial charge in [0.05, 0.1) is 11.3 Å². The lowest BCUT2D eigenvalue weighted by molar-refractivity contribution is 0.0874. The molecule has 0 saturated heterocycles. The van der Waals surface area contributed by atoms with E-state index in [9.17, 15) is 14.3 Å². The molecule has 94 valence electrons. The van der Waals surface area contributed by atoms with Crippen LogP contribution in [0.15, 0.2) is 18.2 Å². The van der Waals surface area contributed by atoms with Crippen molar-refractivity contribution in [2.45, 2.75) is 26.4 Å². The summed E-state index contributed by atoms with van der Waals surface area (Å²) in [7, 11) is 0. The Hall–Kier alpha value is -1.42. The number of rotatable bonds is 5. The zero-order chi connectivity index (χ0) is 13.1. The van der Waals surface area contributed by atoms with Crippen LogP contribution < -0.4 is 4.90 Å². The lowest BCUT2D eigenvalue weighted by Crippen LogP contribution is -2.39. The van der Waals surface area contributed by atoms with Gasteiger partial charge in [-0.3, -0.25) is 4.79 Å². The first kappa shape index (κ1) is 13.6. The molecule has 0 aliphatic carbocycles. The maximum absolute atomic E-state index is 13.8. The number of halogens is 1. The number of carbonyl (C=O) groups excluding carboxylic acids is 1. The van der Waals surface area contributed by atoms with Crippen molar-refractivity contribution in [2.75, 3.05) is 18.0 Å². The summed E-state index contributed by atoms with van der Waals surface area (Å²) in [4.78, 5) is 12.3. The molecule has 0 aromatic heterocycles. The van der Waals surface area contributed by atoms with Gasteiger partial charge in [0.25, 0.3) is 0 Å². The molecular formula is C13H18FNO2. The van der Waals surface area contributed by atoms with Crippen LogP contribution in [-0.2, 0) is 0 Å². The van der Waals surface area contributed by atoms with Crippen molar-refractivity contribution >= 4 is 12.0 Å². The topological polar surface area (TPSA) is 40.5 Å². The Kier molecular flexibility index (Phi) is 4.23. The molecule has 1 aromatic carbocycles. The van der Waals surface area contributed by atoms with E-state index in [2.05, 4.69) is 0 Å². The van der Waals surface area contributed by atoms with Crippen LogP contribution in [0.25, 0.3) is 0 Å². The van der Waals surface area contributed by atoms with Crippen LogP contribution in [-0.4, -0.2) is 30.1 Å². The van der Waals surface area contributed by atoms with Crippen molar-refractivity contribution in [1.29, 1.82) is 0 Å². The Morgan fingerprint density at radius 2 is 2.12 bits per heavy atom. The van der Waals surface area contributed by atoms with E-state index in [0.717, 1.165) is 0 Å². The minimum absolute atomic E-state index is 0.311. The molecule has 0 heterocycles. The van der Waals surface area contributed by atoms with Gasteiger partial charge in [-0.05, 0) is 39.0 Å². The van der Waals surface area contributed by atoms with E-state index < -0.39 is 11.4 Å². The van der Waals surface area contributed by atoms with E-state index in [1.165, 1.54) is 6.07 Å². The molecule has 1 rings (SSSR count). The van der Waals surface area contributed by atoms with E-state index in [0.29, 0.717) is 30.6 Å². The Morgan fingerprint density at radius 3 is 2.53 bits per heavy atom. The van der Waals surface area contributed by atoms with Gasteiger partial charge in [0.1, 0.15) is 12.1 Å². The van der Waals surface area contributed by atoms with Crippen molar-refractivity contribution in [1.82, 2.24) is 0 Å². The largest absolute Gasteiger partial charge is 0.389 e. The molecule has 1 aromatic rings. The molecule has 0 fully saturated rings. The van der Waals surface area contributed by atoms with E-state index >= 15 is 0 Å². The van der Waals surface area contributed by atoms with Crippen molar-refractivity contribution in [3.63, 3.8) is 0 Å². The molecule has 1 N–H and O–H groups in total. The van der Waals surface area contributed by atoms with Crippen LogP contribution in [0, 0.1) is 5.82 Å². The average molecular weight is 239 g/mol. The number of aliphatic hydroxyl groups is 1. The lowest BCUT2D eigenvalue weighted by Gasteiger charge is -2.30. The van der Waals surface area contributed by atoms with E-state index in [1.54, 1.807) is 30.9 Å². The van der Waals surface area contributed by atoms with Gasteiger partial charge in [0.2, 0.25) is 0 Å². The molecule has 0 unspecified atom stereocenters. The summed E-state index contributed by atoms with van der Waals surface area (Å²) in [6.07, 6.45) is 0.610. The molecule has 0 atom stereocenters. The molecule has 0 bridgehead atoms. The SMILES string of the molecule is CCN(CC(C)(C)O)c1ccc(C=O)cc1F. The fourth-order valence-electron chi connectivity index (χ4n) is 1.69. The van der Waals surface area contributed by atoms with E-state index in [1.807, 2.05) is 6.92 Å². The molecule has 3 nitrogen and oxygen atoms in total. The van der Waals surface area contributed by atoms with E-state index in [4.69, 9.17) is 0 Å². The zero-order valence-electron chi connectivity index (χ0n) is 10.4. The Labute approximate surface area is 101 Å². The normalized spacial score (nSPS) is 11.4. The maximum atomic E-state index is 13.8. The summed E-state index contributed by atoms with van der Waals surface area (Å²) in [6.45, 7) is 6.15. The van der Waals surface area contributed by atoms with Gasteiger partial charge in [-0.15, -0.1) is 0 Å². The summed E-state index contributed by atoms with van der Waals surface area (Å²) in [5.74, 6) is -0.444. The molecule has 4 heteroatoms. The van der Waals surface area contributed by atoms with Gasteiger partial charge in [-0.2, -0.15) is 0 Å². The summed E-state index contributed by atoms with van der Waals surface area (Å²) in [5.41, 5.74) is -0.183. The first-order valence-corrected chi connectivity index (χ1v) is 5.59. The molecule has 0 spiro atoms. The van der Waals surface area contributed by atoms with Gasteiger partial charge in [0.15, 0.2) is 0 Å². The number of benzene rings is 1. The standard InChI is InChI=1S/C13H18FNO2/c1-4-15(9-13(2,3)17)12-6-5-10(8-16)7-11(12)14/h5-8,17H,4,9H2,1-3H3. The van der Waals surface area contributed by atoms with Crippen molar-refractivity contribution in [2.24, 2.45) is 0 Å².